The Balaban J connectivity index is 1.52. The van der Waals surface area contributed by atoms with Gasteiger partial charge in [-0.25, -0.2) is 0 Å². The maximum Gasteiger partial charge on any atom is 0.326 e. The molecule has 1 aliphatic heterocycles. The van der Waals surface area contributed by atoms with E-state index in [0.717, 1.165) is 16.0 Å². The normalized spacial score (nSPS) is 26.3. The van der Waals surface area contributed by atoms with Gasteiger partial charge < -0.3 is 10.1 Å². The number of ether oxygens (including phenoxy) is 1. The number of amides is 3. The summed E-state index contributed by atoms with van der Waals surface area (Å²) in [6.07, 6.45) is 1.07. The predicted molar refractivity (Wildman–Crippen MR) is 114 cm³/mol. The number of esters is 1. The zero-order chi connectivity index (χ0) is 21.3. The van der Waals surface area contributed by atoms with Gasteiger partial charge in [0.05, 0.1) is 11.8 Å². The molecule has 1 aromatic rings. The van der Waals surface area contributed by atoms with Crippen LogP contribution in [0.4, 0.5) is 5.69 Å². The molecule has 1 heterocycles. The fraction of sp³-hybridized carbons (Fsp3) is 0.500. The first-order valence-corrected chi connectivity index (χ1v) is 11.2. The first kappa shape index (κ1) is 22.0. The Morgan fingerprint density at radius 2 is 1.55 bits per heavy atom. The number of nitrogens with one attached hydrogen (secondary N) is 1. The minimum absolute atomic E-state index is 0.0985. The SMILES string of the molecule is Cc1cc(C)cc(NC(=O)COC(=O)CN2C(=O)[C@@H]3C[C@H](Br)[C@@H](Br)C[C@H]3C2=O)c1. The largest absolute Gasteiger partial charge is 0.454 e. The van der Waals surface area contributed by atoms with E-state index in [-0.39, 0.29) is 21.5 Å². The van der Waals surface area contributed by atoms with Gasteiger partial charge in [0.25, 0.3) is 5.91 Å². The van der Waals surface area contributed by atoms with Crippen molar-refractivity contribution in [3.05, 3.63) is 29.3 Å². The summed E-state index contributed by atoms with van der Waals surface area (Å²) in [4.78, 5) is 50.4. The lowest BCUT2D eigenvalue weighted by molar-refractivity contribution is -0.154. The van der Waals surface area contributed by atoms with E-state index in [9.17, 15) is 19.2 Å². The molecule has 156 valence electrons. The molecule has 1 aliphatic carbocycles. The molecular formula is C20H22Br2N2O5. The molecule has 1 saturated carbocycles. The number of halogens is 2. The maximum atomic E-state index is 12.6. The quantitative estimate of drug-likeness (QED) is 0.359. The summed E-state index contributed by atoms with van der Waals surface area (Å²) >= 11 is 7.04. The number of hydrogen-bond donors (Lipinski definition) is 1. The van der Waals surface area contributed by atoms with Crippen LogP contribution in [0.2, 0.25) is 0 Å². The van der Waals surface area contributed by atoms with Crippen LogP contribution in [0.3, 0.4) is 0 Å². The van der Waals surface area contributed by atoms with Gasteiger partial charge in [-0.15, -0.1) is 0 Å². The lowest BCUT2D eigenvalue weighted by Gasteiger charge is -2.29. The zero-order valence-electron chi connectivity index (χ0n) is 16.1. The molecule has 0 aromatic heterocycles. The number of imide groups is 1. The molecule has 1 N–H and O–H groups in total. The van der Waals surface area contributed by atoms with Crippen LogP contribution in [-0.2, 0) is 23.9 Å². The molecular weight excluding hydrogens is 508 g/mol. The summed E-state index contributed by atoms with van der Waals surface area (Å²) in [5.41, 5.74) is 2.62. The first-order chi connectivity index (χ1) is 13.7. The molecule has 9 heteroatoms. The molecule has 3 amide bonds. The third kappa shape index (κ3) is 5.06. The maximum absolute atomic E-state index is 12.6. The first-order valence-electron chi connectivity index (χ1n) is 9.33. The highest BCUT2D eigenvalue weighted by Gasteiger charge is 2.52. The number of rotatable bonds is 5. The topological polar surface area (TPSA) is 92.8 Å². The Kier molecular flexibility index (Phi) is 6.78. The molecule has 0 bridgehead atoms. The van der Waals surface area contributed by atoms with Crippen molar-refractivity contribution in [3.63, 3.8) is 0 Å². The number of aryl methyl sites for hydroxylation is 2. The number of benzene rings is 1. The molecule has 29 heavy (non-hydrogen) atoms. The molecule has 3 rings (SSSR count). The van der Waals surface area contributed by atoms with E-state index in [0.29, 0.717) is 18.5 Å². The zero-order valence-corrected chi connectivity index (χ0v) is 19.3. The third-order valence-corrected chi connectivity index (χ3v) is 7.89. The van der Waals surface area contributed by atoms with E-state index >= 15 is 0 Å². The Labute approximate surface area is 185 Å². The van der Waals surface area contributed by atoms with E-state index in [2.05, 4.69) is 37.2 Å². The number of anilines is 1. The molecule has 7 nitrogen and oxygen atoms in total. The number of likely N-dealkylation sites (tertiary alicyclic amines) is 1. The van der Waals surface area contributed by atoms with Gasteiger partial charge in [-0.3, -0.25) is 24.1 Å². The summed E-state index contributed by atoms with van der Waals surface area (Å²) in [7, 11) is 0. The minimum Gasteiger partial charge on any atom is -0.454 e. The fourth-order valence-corrected chi connectivity index (χ4v) is 5.12. The van der Waals surface area contributed by atoms with E-state index in [1.807, 2.05) is 32.0 Å². The second kappa shape index (κ2) is 8.95. The van der Waals surface area contributed by atoms with Crippen molar-refractivity contribution >= 4 is 61.2 Å². The monoisotopic (exact) mass is 528 g/mol. The van der Waals surface area contributed by atoms with Crippen molar-refractivity contribution in [3.8, 4) is 0 Å². The smallest absolute Gasteiger partial charge is 0.326 e. The molecule has 1 aromatic carbocycles. The Morgan fingerprint density at radius 3 is 2.07 bits per heavy atom. The van der Waals surface area contributed by atoms with Crippen LogP contribution < -0.4 is 5.32 Å². The van der Waals surface area contributed by atoms with Crippen molar-refractivity contribution < 1.29 is 23.9 Å². The van der Waals surface area contributed by atoms with Gasteiger partial charge in [0.1, 0.15) is 6.54 Å². The van der Waals surface area contributed by atoms with Crippen molar-refractivity contribution in [2.45, 2.75) is 36.3 Å². The lowest BCUT2D eigenvalue weighted by atomic mass is 9.81. The standard InChI is InChI=1S/C20H22Br2N2O5/c1-10-3-11(2)5-12(4-10)23-17(25)9-29-18(26)8-24-19(27)13-6-15(21)16(22)7-14(13)20(24)28/h3-5,13-16H,6-9H2,1-2H3,(H,23,25)/t13-,14-,15+,16+/m1/s1. The van der Waals surface area contributed by atoms with Crippen molar-refractivity contribution in [2.75, 3.05) is 18.5 Å². The predicted octanol–water partition coefficient (Wildman–Crippen LogP) is 2.71. The Morgan fingerprint density at radius 1 is 1.03 bits per heavy atom. The lowest BCUT2D eigenvalue weighted by Crippen LogP contribution is -2.37. The Bertz CT molecular complexity index is 811. The molecule has 0 unspecified atom stereocenters. The molecule has 4 atom stereocenters. The van der Waals surface area contributed by atoms with Gasteiger partial charge in [0.2, 0.25) is 11.8 Å². The number of hydrogen-bond acceptors (Lipinski definition) is 5. The molecule has 1 saturated heterocycles. The van der Waals surface area contributed by atoms with Gasteiger partial charge in [0.15, 0.2) is 6.61 Å². The minimum atomic E-state index is -0.785. The number of alkyl halides is 2. The second-order valence-electron chi connectivity index (χ2n) is 7.56. The number of fused-ring (bicyclic) bond motifs is 1. The molecule has 0 radical (unpaired) electrons. The van der Waals surface area contributed by atoms with Crippen molar-refractivity contribution in [2.24, 2.45) is 11.8 Å². The van der Waals surface area contributed by atoms with Crippen LogP contribution in [0.15, 0.2) is 18.2 Å². The van der Waals surface area contributed by atoms with E-state index in [1.165, 1.54) is 0 Å². The Hall–Kier alpha value is -1.74. The highest BCUT2D eigenvalue weighted by atomic mass is 79.9. The van der Waals surface area contributed by atoms with Crippen LogP contribution in [0.25, 0.3) is 0 Å². The van der Waals surface area contributed by atoms with Gasteiger partial charge in [0, 0.05) is 15.3 Å². The second-order valence-corrected chi connectivity index (χ2v) is 9.92. The summed E-state index contributed by atoms with van der Waals surface area (Å²) < 4.78 is 4.98. The van der Waals surface area contributed by atoms with Crippen molar-refractivity contribution in [1.29, 1.82) is 0 Å². The van der Waals surface area contributed by atoms with Crippen LogP contribution in [0, 0.1) is 25.7 Å². The highest BCUT2D eigenvalue weighted by Crippen LogP contribution is 2.43. The van der Waals surface area contributed by atoms with Crippen LogP contribution in [-0.4, -0.2) is 51.4 Å². The summed E-state index contributed by atoms with van der Waals surface area (Å²) in [6.45, 7) is 2.88. The van der Waals surface area contributed by atoms with Crippen molar-refractivity contribution in [1.82, 2.24) is 4.90 Å². The summed E-state index contributed by atoms with van der Waals surface area (Å²) in [5, 5.41) is 2.67. The van der Waals surface area contributed by atoms with Gasteiger partial charge in [-0.05, 0) is 49.9 Å². The number of nitrogens with zero attached hydrogens (tertiary/aromatic N) is 1. The average Bonchev–Trinajstić information content (AvgIpc) is 2.84. The fourth-order valence-electron chi connectivity index (χ4n) is 3.88. The van der Waals surface area contributed by atoms with Gasteiger partial charge in [-0.2, -0.15) is 0 Å². The van der Waals surface area contributed by atoms with E-state index in [4.69, 9.17) is 4.74 Å². The van der Waals surface area contributed by atoms with Crippen LogP contribution >= 0.6 is 31.9 Å². The summed E-state index contributed by atoms with van der Waals surface area (Å²) in [5.74, 6) is -2.80. The van der Waals surface area contributed by atoms with E-state index in [1.54, 1.807) is 0 Å². The number of carbonyl (C=O) groups excluding carboxylic acids is 4. The summed E-state index contributed by atoms with van der Waals surface area (Å²) in [6, 6.07) is 5.60. The third-order valence-electron chi connectivity index (χ3n) is 5.16. The van der Waals surface area contributed by atoms with Gasteiger partial charge in [-0.1, -0.05) is 37.9 Å². The highest BCUT2D eigenvalue weighted by molar-refractivity contribution is 9.12. The van der Waals surface area contributed by atoms with Crippen LogP contribution in [0.1, 0.15) is 24.0 Å². The van der Waals surface area contributed by atoms with Crippen LogP contribution in [0.5, 0.6) is 0 Å². The number of carbonyl (C=O) groups is 4. The molecule has 2 fully saturated rings. The molecule has 2 aliphatic rings. The van der Waals surface area contributed by atoms with Gasteiger partial charge >= 0.3 is 5.97 Å². The molecule has 0 spiro atoms. The van der Waals surface area contributed by atoms with E-state index < -0.39 is 36.9 Å². The average molecular weight is 530 g/mol.